The number of amides is 1. The fraction of sp³-hybridized carbons (Fsp3) is 0.278. The molecule has 4 nitrogen and oxygen atoms in total. The summed E-state index contributed by atoms with van der Waals surface area (Å²) < 4.78 is 62.5. The third-order valence-corrected chi connectivity index (χ3v) is 5.69. The first-order valence-corrected chi connectivity index (χ1v) is 9.49. The summed E-state index contributed by atoms with van der Waals surface area (Å²) in [6.45, 7) is 2.09. The Morgan fingerprint density at radius 1 is 1.15 bits per heavy atom. The molecule has 138 valence electrons. The van der Waals surface area contributed by atoms with Crippen molar-refractivity contribution in [3.63, 3.8) is 0 Å². The lowest BCUT2D eigenvalue weighted by molar-refractivity contribution is 0.0984. The third kappa shape index (κ3) is 3.21. The van der Waals surface area contributed by atoms with Crippen molar-refractivity contribution in [2.75, 3.05) is 11.4 Å². The quantitative estimate of drug-likeness (QED) is 0.812. The van der Waals surface area contributed by atoms with Crippen LogP contribution in [-0.4, -0.2) is 26.6 Å². The molecule has 2 aromatic rings. The minimum absolute atomic E-state index is 0.103. The maximum atomic E-state index is 14.4. The van der Waals surface area contributed by atoms with Gasteiger partial charge in [0.05, 0.1) is 10.6 Å². The molecule has 0 saturated heterocycles. The van der Waals surface area contributed by atoms with Crippen LogP contribution < -0.4 is 4.90 Å². The van der Waals surface area contributed by atoms with E-state index in [2.05, 4.69) is 0 Å². The zero-order chi connectivity index (χ0) is 19.1. The molecule has 0 radical (unpaired) electrons. The lowest BCUT2D eigenvalue weighted by Crippen LogP contribution is -2.36. The number of aryl methyl sites for hydroxylation is 2. The van der Waals surface area contributed by atoms with Gasteiger partial charge in [-0.15, -0.1) is 0 Å². The summed E-state index contributed by atoms with van der Waals surface area (Å²) in [4.78, 5) is 13.5. The van der Waals surface area contributed by atoms with E-state index in [9.17, 15) is 26.4 Å². The van der Waals surface area contributed by atoms with Gasteiger partial charge in [0.1, 0.15) is 5.82 Å². The van der Waals surface area contributed by atoms with Gasteiger partial charge in [-0.3, -0.25) is 4.79 Å². The molecule has 0 atom stereocenters. The molecule has 0 fully saturated rings. The van der Waals surface area contributed by atoms with Gasteiger partial charge >= 0.3 is 5.76 Å². The molecular weight excluding hydrogens is 367 g/mol. The van der Waals surface area contributed by atoms with Crippen LogP contribution in [0.3, 0.4) is 0 Å². The van der Waals surface area contributed by atoms with E-state index in [1.54, 1.807) is 6.92 Å². The molecule has 1 aliphatic rings. The van der Waals surface area contributed by atoms with E-state index < -0.39 is 32.2 Å². The fourth-order valence-electron chi connectivity index (χ4n) is 3.09. The Bertz CT molecular complexity index is 956. The normalized spacial score (nSPS) is 14.4. The molecule has 8 heteroatoms. The molecule has 0 bridgehead atoms. The van der Waals surface area contributed by atoms with Gasteiger partial charge in [0, 0.05) is 12.1 Å². The second-order valence-corrected chi connectivity index (χ2v) is 8.06. The molecule has 0 saturated carbocycles. The van der Waals surface area contributed by atoms with Crippen molar-refractivity contribution < 1.29 is 26.4 Å². The van der Waals surface area contributed by atoms with Gasteiger partial charge < -0.3 is 4.90 Å². The minimum atomic E-state index is -4.72. The van der Waals surface area contributed by atoms with Gasteiger partial charge in [-0.1, -0.05) is 6.07 Å². The number of hydrogen-bond donors (Lipinski definition) is 0. The third-order valence-electron chi connectivity index (χ3n) is 4.29. The van der Waals surface area contributed by atoms with Gasteiger partial charge in [-0.25, -0.2) is 12.8 Å². The SMILES string of the molecule is Cc1cc(F)c2c(c1)CCCN2C(=O)c1ccc(S(=O)(=O)C(F)F)cc1. The van der Waals surface area contributed by atoms with Gasteiger partial charge in [-0.05, 0) is 61.2 Å². The predicted molar refractivity (Wildman–Crippen MR) is 90.8 cm³/mol. The van der Waals surface area contributed by atoms with Crippen LogP contribution in [-0.2, 0) is 16.3 Å². The monoisotopic (exact) mass is 383 g/mol. The number of fused-ring (bicyclic) bond motifs is 1. The van der Waals surface area contributed by atoms with Gasteiger partial charge in [0.15, 0.2) is 0 Å². The van der Waals surface area contributed by atoms with Crippen molar-refractivity contribution in [2.45, 2.75) is 30.4 Å². The van der Waals surface area contributed by atoms with Crippen LogP contribution >= 0.6 is 0 Å². The Hall–Kier alpha value is -2.35. The summed E-state index contributed by atoms with van der Waals surface area (Å²) in [5.74, 6) is -4.53. The van der Waals surface area contributed by atoms with E-state index in [4.69, 9.17) is 0 Å². The highest BCUT2D eigenvalue weighted by molar-refractivity contribution is 7.91. The first kappa shape index (κ1) is 18.4. The number of carbonyl (C=O) groups is 1. The number of sulfone groups is 1. The van der Waals surface area contributed by atoms with Crippen LogP contribution in [0.15, 0.2) is 41.3 Å². The lowest BCUT2D eigenvalue weighted by Gasteiger charge is -2.30. The fourth-order valence-corrected chi connectivity index (χ4v) is 3.81. The Labute approximate surface area is 149 Å². The van der Waals surface area contributed by atoms with E-state index in [-0.39, 0.29) is 11.3 Å². The number of alkyl halides is 2. The molecule has 0 aliphatic carbocycles. The molecule has 1 amide bonds. The molecule has 1 aliphatic heterocycles. The summed E-state index contributed by atoms with van der Waals surface area (Å²) >= 11 is 0. The summed E-state index contributed by atoms with van der Waals surface area (Å²) in [5, 5.41) is 0. The van der Waals surface area contributed by atoms with Crippen LogP contribution in [0.1, 0.15) is 27.9 Å². The minimum Gasteiger partial charge on any atom is -0.305 e. The molecule has 3 rings (SSSR count). The summed E-state index contributed by atoms with van der Waals surface area (Å²) in [6, 6.07) is 7.44. The molecule has 26 heavy (non-hydrogen) atoms. The zero-order valence-corrected chi connectivity index (χ0v) is 14.7. The second-order valence-electron chi connectivity index (χ2n) is 6.14. The Balaban J connectivity index is 1.95. The zero-order valence-electron chi connectivity index (χ0n) is 13.9. The topological polar surface area (TPSA) is 54.5 Å². The standard InChI is InChI=1S/C18H16F3NO3S/c1-11-9-13-3-2-8-22(16(13)15(19)10-11)17(23)12-4-6-14(7-5-12)26(24,25)18(20)21/h4-7,9-10,18H,2-3,8H2,1H3. The Kier molecular flexibility index (Phi) is 4.79. The van der Waals surface area contributed by atoms with E-state index in [0.29, 0.717) is 19.4 Å². The van der Waals surface area contributed by atoms with Crippen LogP contribution in [0, 0.1) is 12.7 Å². The molecule has 0 N–H and O–H groups in total. The van der Waals surface area contributed by atoms with Crippen molar-refractivity contribution in [3.8, 4) is 0 Å². The van der Waals surface area contributed by atoms with Crippen LogP contribution in [0.25, 0.3) is 0 Å². The summed E-state index contributed by atoms with van der Waals surface area (Å²) in [6.07, 6.45) is 1.32. The number of carbonyl (C=O) groups excluding carboxylic acids is 1. The highest BCUT2D eigenvalue weighted by Crippen LogP contribution is 2.32. The number of nitrogens with zero attached hydrogens (tertiary/aromatic N) is 1. The lowest BCUT2D eigenvalue weighted by atomic mass is 9.98. The summed E-state index contributed by atoms with van der Waals surface area (Å²) in [5.41, 5.74) is 1.82. The summed E-state index contributed by atoms with van der Waals surface area (Å²) in [7, 11) is -4.72. The van der Waals surface area contributed by atoms with Crippen molar-refractivity contribution in [2.24, 2.45) is 0 Å². The first-order valence-electron chi connectivity index (χ1n) is 7.95. The van der Waals surface area contributed by atoms with Crippen LogP contribution in [0.5, 0.6) is 0 Å². The molecule has 2 aromatic carbocycles. The van der Waals surface area contributed by atoms with Crippen molar-refractivity contribution in [1.29, 1.82) is 0 Å². The molecular formula is C18H16F3NO3S. The maximum absolute atomic E-state index is 14.4. The smallest absolute Gasteiger partial charge is 0.305 e. The average molecular weight is 383 g/mol. The van der Waals surface area contributed by atoms with Crippen molar-refractivity contribution in [3.05, 3.63) is 58.9 Å². The van der Waals surface area contributed by atoms with E-state index >= 15 is 0 Å². The molecule has 0 aromatic heterocycles. The molecule has 1 heterocycles. The first-order chi connectivity index (χ1) is 12.2. The second kappa shape index (κ2) is 6.75. The number of hydrogen-bond acceptors (Lipinski definition) is 3. The molecule has 0 spiro atoms. The number of anilines is 1. The Morgan fingerprint density at radius 2 is 1.81 bits per heavy atom. The Morgan fingerprint density at radius 3 is 2.42 bits per heavy atom. The van der Waals surface area contributed by atoms with Gasteiger partial charge in [-0.2, -0.15) is 8.78 Å². The molecule has 0 unspecified atom stereocenters. The average Bonchev–Trinajstić information content (AvgIpc) is 2.60. The van der Waals surface area contributed by atoms with E-state index in [1.165, 1.54) is 11.0 Å². The number of halogens is 3. The van der Waals surface area contributed by atoms with Crippen molar-refractivity contribution >= 4 is 21.4 Å². The van der Waals surface area contributed by atoms with Crippen LogP contribution in [0.2, 0.25) is 0 Å². The van der Waals surface area contributed by atoms with Gasteiger partial charge in [0.2, 0.25) is 9.84 Å². The number of benzene rings is 2. The van der Waals surface area contributed by atoms with Crippen molar-refractivity contribution in [1.82, 2.24) is 0 Å². The van der Waals surface area contributed by atoms with Gasteiger partial charge in [0.25, 0.3) is 5.91 Å². The van der Waals surface area contributed by atoms with E-state index in [0.717, 1.165) is 35.4 Å². The number of rotatable bonds is 3. The predicted octanol–water partition coefficient (Wildman–Crippen LogP) is 3.72. The highest BCUT2D eigenvalue weighted by Gasteiger charge is 2.29. The maximum Gasteiger partial charge on any atom is 0.341 e. The van der Waals surface area contributed by atoms with E-state index in [1.807, 2.05) is 6.07 Å². The largest absolute Gasteiger partial charge is 0.341 e. The van der Waals surface area contributed by atoms with Crippen LogP contribution in [0.4, 0.5) is 18.9 Å². The highest BCUT2D eigenvalue weighted by atomic mass is 32.2.